The number of carbonyl (C=O) groups is 1. The number of nitrogens with one attached hydrogen (secondary N) is 1. The summed E-state index contributed by atoms with van der Waals surface area (Å²) in [6, 6.07) is 15.3. The Balaban J connectivity index is 2.15. The van der Waals surface area contributed by atoms with Crippen molar-refractivity contribution in [3.63, 3.8) is 0 Å². The summed E-state index contributed by atoms with van der Waals surface area (Å²) in [7, 11) is 0. The Hall–Kier alpha value is -3.31. The van der Waals surface area contributed by atoms with E-state index in [4.69, 9.17) is 0 Å². The van der Waals surface area contributed by atoms with Gasteiger partial charge in [-0.25, -0.2) is 0 Å². The standard InChI is InChI=1S/C18H14N4O3S/c1-11-4-2-3-5-15(11)21-16(20-17(23)14(10-19)18(21)26)12-6-8-13(9-7-12)22(24)25/h2-9,16,26H,1H3,(H,20,23). The summed E-state index contributed by atoms with van der Waals surface area (Å²) < 4.78 is 0. The van der Waals surface area contributed by atoms with Gasteiger partial charge in [-0.2, -0.15) is 5.26 Å². The van der Waals surface area contributed by atoms with Gasteiger partial charge in [0.2, 0.25) is 0 Å². The molecule has 0 fully saturated rings. The van der Waals surface area contributed by atoms with Crippen LogP contribution < -0.4 is 10.2 Å². The quantitative estimate of drug-likeness (QED) is 0.494. The van der Waals surface area contributed by atoms with Gasteiger partial charge in [0.25, 0.3) is 11.6 Å². The number of carbonyl (C=O) groups excluding carboxylic acids is 1. The van der Waals surface area contributed by atoms with Crippen LogP contribution in [-0.2, 0) is 4.79 Å². The van der Waals surface area contributed by atoms with Crippen LogP contribution >= 0.6 is 12.6 Å². The maximum atomic E-state index is 12.3. The third kappa shape index (κ3) is 3.00. The first-order valence-electron chi connectivity index (χ1n) is 7.67. The molecule has 0 saturated heterocycles. The van der Waals surface area contributed by atoms with E-state index in [1.54, 1.807) is 17.0 Å². The van der Waals surface area contributed by atoms with Crippen LogP contribution in [0.2, 0.25) is 0 Å². The van der Waals surface area contributed by atoms with Crippen LogP contribution in [0.3, 0.4) is 0 Å². The molecule has 1 aliphatic rings. The number of non-ortho nitro benzene ring substituents is 1. The molecule has 0 aromatic heterocycles. The lowest BCUT2D eigenvalue weighted by Gasteiger charge is -2.38. The molecule has 1 N–H and O–H groups in total. The Bertz CT molecular complexity index is 963. The lowest BCUT2D eigenvalue weighted by Crippen LogP contribution is -2.46. The summed E-state index contributed by atoms with van der Waals surface area (Å²) in [5.74, 6) is -0.536. The number of amides is 1. The molecule has 1 heterocycles. The fourth-order valence-corrected chi connectivity index (χ4v) is 3.18. The summed E-state index contributed by atoms with van der Waals surface area (Å²) in [5.41, 5.74) is 2.20. The van der Waals surface area contributed by atoms with Crippen molar-refractivity contribution in [2.45, 2.75) is 13.1 Å². The Morgan fingerprint density at radius 1 is 1.23 bits per heavy atom. The SMILES string of the molecule is Cc1ccccc1N1C(S)=C(C#N)C(=O)NC1c1ccc([N+](=O)[O-])cc1. The number of nitro groups is 1. The van der Waals surface area contributed by atoms with E-state index in [-0.39, 0.29) is 16.3 Å². The predicted octanol–water partition coefficient (Wildman–Crippen LogP) is 3.20. The highest BCUT2D eigenvalue weighted by molar-refractivity contribution is 7.84. The number of para-hydroxylation sites is 1. The van der Waals surface area contributed by atoms with Crippen LogP contribution in [0.4, 0.5) is 11.4 Å². The Labute approximate surface area is 155 Å². The van der Waals surface area contributed by atoms with Gasteiger partial charge in [-0.05, 0) is 36.2 Å². The molecule has 0 radical (unpaired) electrons. The van der Waals surface area contributed by atoms with Crippen LogP contribution in [0.5, 0.6) is 0 Å². The van der Waals surface area contributed by atoms with Crippen molar-refractivity contribution in [3.05, 3.63) is 80.4 Å². The second-order valence-electron chi connectivity index (χ2n) is 5.69. The van der Waals surface area contributed by atoms with Gasteiger partial charge in [-0.1, -0.05) is 18.2 Å². The normalized spacial score (nSPS) is 16.9. The number of hydrogen-bond donors (Lipinski definition) is 2. The van der Waals surface area contributed by atoms with Crippen molar-refractivity contribution in [2.75, 3.05) is 4.90 Å². The summed E-state index contributed by atoms with van der Waals surface area (Å²) in [6.07, 6.45) is -0.644. The van der Waals surface area contributed by atoms with Gasteiger partial charge >= 0.3 is 0 Å². The van der Waals surface area contributed by atoms with Crippen LogP contribution in [0.15, 0.2) is 59.1 Å². The van der Waals surface area contributed by atoms with E-state index < -0.39 is 17.0 Å². The summed E-state index contributed by atoms with van der Waals surface area (Å²) in [6.45, 7) is 1.91. The maximum absolute atomic E-state index is 12.3. The largest absolute Gasteiger partial charge is 0.327 e. The minimum absolute atomic E-state index is 0.0438. The summed E-state index contributed by atoms with van der Waals surface area (Å²) >= 11 is 4.43. The number of thiol groups is 1. The van der Waals surface area contributed by atoms with E-state index in [0.717, 1.165) is 11.3 Å². The van der Waals surface area contributed by atoms with Crippen molar-refractivity contribution in [2.24, 2.45) is 0 Å². The summed E-state index contributed by atoms with van der Waals surface area (Å²) in [5, 5.41) is 23.2. The van der Waals surface area contributed by atoms with Crippen molar-refractivity contribution in [3.8, 4) is 6.07 Å². The zero-order chi connectivity index (χ0) is 18.8. The Kier molecular flexibility index (Phi) is 4.65. The molecule has 3 rings (SSSR count). The minimum atomic E-state index is -0.644. The molecular weight excluding hydrogens is 352 g/mol. The van der Waals surface area contributed by atoms with E-state index in [1.165, 1.54) is 12.1 Å². The van der Waals surface area contributed by atoms with Gasteiger partial charge in [0, 0.05) is 17.8 Å². The first-order chi connectivity index (χ1) is 12.4. The van der Waals surface area contributed by atoms with Crippen LogP contribution in [-0.4, -0.2) is 10.8 Å². The highest BCUT2D eigenvalue weighted by Gasteiger charge is 2.34. The number of nitriles is 1. The Morgan fingerprint density at radius 2 is 1.88 bits per heavy atom. The zero-order valence-electron chi connectivity index (χ0n) is 13.7. The molecule has 1 aliphatic heterocycles. The lowest BCUT2D eigenvalue weighted by atomic mass is 10.1. The molecule has 1 amide bonds. The fraction of sp³-hybridized carbons (Fsp3) is 0.111. The van der Waals surface area contributed by atoms with Crippen molar-refractivity contribution in [1.82, 2.24) is 5.32 Å². The molecular formula is C18H14N4O3S. The molecule has 0 spiro atoms. The predicted molar refractivity (Wildman–Crippen MR) is 99.3 cm³/mol. The zero-order valence-corrected chi connectivity index (χ0v) is 14.6. The fourth-order valence-electron chi connectivity index (χ4n) is 2.80. The first kappa shape index (κ1) is 17.5. The molecule has 130 valence electrons. The third-order valence-electron chi connectivity index (χ3n) is 4.11. The average molecular weight is 366 g/mol. The molecule has 26 heavy (non-hydrogen) atoms. The Morgan fingerprint density at radius 3 is 2.46 bits per heavy atom. The number of nitro benzene ring substituents is 1. The smallest absolute Gasteiger partial charge is 0.269 e. The number of aryl methyl sites for hydroxylation is 1. The second-order valence-corrected chi connectivity index (χ2v) is 6.12. The average Bonchev–Trinajstić information content (AvgIpc) is 2.63. The summed E-state index contributed by atoms with van der Waals surface area (Å²) in [4.78, 5) is 24.4. The topological polar surface area (TPSA) is 99.3 Å². The number of hydrogen-bond acceptors (Lipinski definition) is 6. The van der Waals surface area contributed by atoms with Gasteiger partial charge in [-0.3, -0.25) is 14.9 Å². The molecule has 0 bridgehead atoms. The van der Waals surface area contributed by atoms with Crippen molar-refractivity contribution >= 4 is 29.9 Å². The molecule has 1 atom stereocenters. The number of anilines is 1. The van der Waals surface area contributed by atoms with Crippen LogP contribution in [0.1, 0.15) is 17.3 Å². The van der Waals surface area contributed by atoms with E-state index in [2.05, 4.69) is 17.9 Å². The molecule has 2 aromatic rings. The van der Waals surface area contributed by atoms with Gasteiger partial charge in [0.05, 0.1) is 9.95 Å². The molecule has 0 aliphatic carbocycles. The molecule has 7 nitrogen and oxygen atoms in total. The molecule has 8 heteroatoms. The van der Waals surface area contributed by atoms with Gasteiger partial charge in [0.15, 0.2) is 0 Å². The molecule has 2 aromatic carbocycles. The lowest BCUT2D eigenvalue weighted by molar-refractivity contribution is -0.384. The van der Waals surface area contributed by atoms with Crippen LogP contribution in [0, 0.1) is 28.4 Å². The van der Waals surface area contributed by atoms with E-state index in [0.29, 0.717) is 5.56 Å². The van der Waals surface area contributed by atoms with Crippen molar-refractivity contribution in [1.29, 1.82) is 5.26 Å². The van der Waals surface area contributed by atoms with Gasteiger partial charge in [0.1, 0.15) is 17.8 Å². The number of rotatable bonds is 3. The molecule has 0 saturated carbocycles. The monoisotopic (exact) mass is 366 g/mol. The minimum Gasteiger partial charge on any atom is -0.327 e. The molecule has 1 unspecified atom stereocenters. The maximum Gasteiger partial charge on any atom is 0.269 e. The van der Waals surface area contributed by atoms with E-state index >= 15 is 0 Å². The van der Waals surface area contributed by atoms with Gasteiger partial charge < -0.3 is 10.2 Å². The second kappa shape index (κ2) is 6.90. The number of nitrogens with zero attached hydrogens (tertiary/aromatic N) is 3. The van der Waals surface area contributed by atoms with Crippen molar-refractivity contribution < 1.29 is 9.72 Å². The number of benzene rings is 2. The van der Waals surface area contributed by atoms with Crippen LogP contribution in [0.25, 0.3) is 0 Å². The highest BCUT2D eigenvalue weighted by Crippen LogP contribution is 2.37. The first-order valence-corrected chi connectivity index (χ1v) is 8.12. The van der Waals surface area contributed by atoms with E-state index in [9.17, 15) is 20.2 Å². The van der Waals surface area contributed by atoms with Gasteiger partial charge in [-0.15, -0.1) is 12.6 Å². The highest BCUT2D eigenvalue weighted by atomic mass is 32.1. The van der Waals surface area contributed by atoms with E-state index in [1.807, 2.05) is 37.3 Å². The third-order valence-corrected chi connectivity index (χ3v) is 4.55.